The highest BCUT2D eigenvalue weighted by atomic mass is 32.1. The number of rotatable bonds is 2. The minimum atomic E-state index is -0.414. The third-order valence-corrected chi connectivity index (χ3v) is 14.4. The van der Waals surface area contributed by atoms with E-state index in [4.69, 9.17) is 0 Å². The van der Waals surface area contributed by atoms with E-state index in [1.807, 2.05) is 0 Å². The summed E-state index contributed by atoms with van der Waals surface area (Å²) in [5, 5.41) is 0. The van der Waals surface area contributed by atoms with Crippen LogP contribution >= 0.6 is 11.3 Å². The van der Waals surface area contributed by atoms with E-state index in [0.717, 1.165) is 0 Å². The molecule has 8 aromatic rings. The minimum absolute atomic E-state index is 0.0507. The Morgan fingerprint density at radius 3 is 1.84 bits per heavy atom. The molecule has 3 heterocycles. The predicted octanol–water partition coefficient (Wildman–Crippen LogP) is 12.1. The molecule has 57 heavy (non-hydrogen) atoms. The highest BCUT2D eigenvalue weighted by Crippen LogP contribution is 2.67. The first kappa shape index (κ1) is 33.1. The lowest BCUT2D eigenvalue weighted by Gasteiger charge is -2.43. The molecule has 12 rings (SSSR count). The lowest BCUT2D eigenvalue weighted by molar-refractivity contribution is 0.590. The van der Waals surface area contributed by atoms with Crippen LogP contribution in [0.25, 0.3) is 22.3 Å². The molecular weight excluding hydrogens is 707 g/mol. The van der Waals surface area contributed by atoms with Gasteiger partial charge in [-0.05, 0) is 117 Å². The average Bonchev–Trinajstić information content (AvgIpc) is 3.84. The Morgan fingerprint density at radius 2 is 1.14 bits per heavy atom. The molecule has 0 unspecified atom stereocenters. The minimum Gasteiger partial charge on any atom is -0.311 e. The van der Waals surface area contributed by atoms with Crippen LogP contribution in [-0.4, -0.2) is 6.71 Å². The van der Waals surface area contributed by atoms with E-state index < -0.39 is 5.41 Å². The Bertz CT molecular complexity index is 2940. The lowest BCUT2D eigenvalue weighted by atomic mass is 9.36. The van der Waals surface area contributed by atoms with E-state index >= 15 is 0 Å². The molecule has 2 nitrogen and oxygen atoms in total. The molecule has 0 fully saturated rings. The first-order valence-electron chi connectivity index (χ1n) is 20.2. The summed E-state index contributed by atoms with van der Waals surface area (Å²) in [6.45, 7) is 11.5. The van der Waals surface area contributed by atoms with Crippen molar-refractivity contribution in [3.63, 3.8) is 0 Å². The van der Waals surface area contributed by atoms with Gasteiger partial charge in [0.15, 0.2) is 0 Å². The first-order chi connectivity index (χ1) is 27.7. The standard InChI is InChI=1S/C53H41BN2S/c1-32-23-28-39-42(29-32)53(40-19-11-9-17-37(40)38-18-10-12-20-41(38)53)50-47(39)49-51(57-50)54-43-21-13-14-22-44(43)55(35-15-7-6-8-16-35)45-30-33(2)31-46(48(45)54)56(49)36-26-24-34(25-27-36)52(3,4)5/h6-31H,1-5H3. The molecule has 272 valence electrons. The smallest absolute Gasteiger partial charge is 0.264 e. The van der Waals surface area contributed by atoms with Gasteiger partial charge in [0.05, 0.1) is 11.1 Å². The monoisotopic (exact) mass is 748 g/mol. The summed E-state index contributed by atoms with van der Waals surface area (Å²) in [6, 6.07) is 60.1. The Hall–Kier alpha value is -6.10. The van der Waals surface area contributed by atoms with Crippen LogP contribution in [0, 0.1) is 13.8 Å². The fourth-order valence-corrected chi connectivity index (χ4v) is 12.4. The Labute approximate surface area is 339 Å². The molecule has 7 aromatic carbocycles. The molecule has 0 N–H and O–H groups in total. The molecule has 0 amide bonds. The molecule has 1 spiro atoms. The van der Waals surface area contributed by atoms with Crippen LogP contribution in [0.1, 0.15) is 59.0 Å². The van der Waals surface area contributed by atoms with Gasteiger partial charge in [0.1, 0.15) is 0 Å². The summed E-state index contributed by atoms with van der Waals surface area (Å²) in [5.74, 6) is 0. The third-order valence-electron chi connectivity index (χ3n) is 13.1. The van der Waals surface area contributed by atoms with Gasteiger partial charge >= 0.3 is 0 Å². The van der Waals surface area contributed by atoms with Gasteiger partial charge in [-0.15, -0.1) is 11.3 Å². The summed E-state index contributed by atoms with van der Waals surface area (Å²) < 4.78 is 1.42. The summed E-state index contributed by atoms with van der Waals surface area (Å²) in [7, 11) is 0. The first-order valence-corrected chi connectivity index (χ1v) is 21.0. The number of fused-ring (bicyclic) bond motifs is 15. The van der Waals surface area contributed by atoms with Crippen molar-refractivity contribution in [3.05, 3.63) is 196 Å². The molecule has 0 atom stereocenters. The second-order valence-corrected chi connectivity index (χ2v) is 18.5. The van der Waals surface area contributed by atoms with Gasteiger partial charge in [0, 0.05) is 43.7 Å². The number of thiophene rings is 1. The van der Waals surface area contributed by atoms with Crippen LogP contribution in [0.2, 0.25) is 0 Å². The van der Waals surface area contributed by atoms with Gasteiger partial charge < -0.3 is 9.80 Å². The lowest BCUT2D eigenvalue weighted by Crippen LogP contribution is -2.60. The zero-order valence-corrected chi connectivity index (χ0v) is 33.7. The van der Waals surface area contributed by atoms with E-state index in [-0.39, 0.29) is 12.1 Å². The molecule has 4 heteroatoms. The SMILES string of the molecule is Cc1cc2c3c(c1)N(c1ccc(C(C)(C)C)cc1)c1c(sc4c1-c1ccc(C)cc1C41c4ccccc4-c4ccccc41)B3c1ccccc1N2c1ccccc1. The van der Waals surface area contributed by atoms with Crippen molar-refractivity contribution in [2.45, 2.75) is 45.4 Å². The molecule has 0 radical (unpaired) electrons. The summed E-state index contributed by atoms with van der Waals surface area (Å²) >= 11 is 2.06. The molecule has 1 aromatic heterocycles. The van der Waals surface area contributed by atoms with Crippen molar-refractivity contribution >= 4 is 67.9 Å². The highest BCUT2D eigenvalue weighted by Gasteiger charge is 2.56. The second kappa shape index (κ2) is 11.5. The van der Waals surface area contributed by atoms with Gasteiger partial charge in [-0.1, -0.05) is 142 Å². The van der Waals surface area contributed by atoms with Gasteiger partial charge in [-0.3, -0.25) is 0 Å². The van der Waals surface area contributed by atoms with E-state index in [0.29, 0.717) is 0 Å². The molecule has 2 aliphatic heterocycles. The largest absolute Gasteiger partial charge is 0.311 e. The van der Waals surface area contributed by atoms with Crippen LogP contribution < -0.4 is 25.5 Å². The maximum atomic E-state index is 2.64. The maximum absolute atomic E-state index is 2.64. The van der Waals surface area contributed by atoms with Gasteiger partial charge in [-0.2, -0.15) is 0 Å². The Kier molecular flexibility index (Phi) is 6.67. The van der Waals surface area contributed by atoms with Crippen molar-refractivity contribution in [1.82, 2.24) is 0 Å². The second-order valence-electron chi connectivity index (χ2n) is 17.4. The van der Waals surface area contributed by atoms with Crippen LogP contribution in [-0.2, 0) is 10.8 Å². The fraction of sp³-hybridized carbons (Fsp3) is 0.132. The van der Waals surface area contributed by atoms with Gasteiger partial charge in [-0.25, -0.2) is 0 Å². The van der Waals surface area contributed by atoms with Crippen LogP contribution in [0.15, 0.2) is 158 Å². The number of hydrogen-bond donors (Lipinski definition) is 0. The fourth-order valence-electron chi connectivity index (χ4n) is 10.7. The summed E-state index contributed by atoms with van der Waals surface area (Å²) in [6.07, 6.45) is 0. The maximum Gasteiger partial charge on any atom is 0.264 e. The van der Waals surface area contributed by atoms with E-state index in [1.165, 1.54) is 110 Å². The van der Waals surface area contributed by atoms with Crippen molar-refractivity contribution in [3.8, 4) is 22.3 Å². The third kappa shape index (κ3) is 4.26. The zero-order chi connectivity index (χ0) is 38.4. The molecule has 2 aliphatic carbocycles. The van der Waals surface area contributed by atoms with E-state index in [1.54, 1.807) is 0 Å². The van der Waals surface area contributed by atoms with E-state index in [2.05, 4.69) is 213 Å². The van der Waals surface area contributed by atoms with Crippen molar-refractivity contribution in [1.29, 1.82) is 0 Å². The van der Waals surface area contributed by atoms with Gasteiger partial charge in [0.2, 0.25) is 0 Å². The topological polar surface area (TPSA) is 6.48 Å². The van der Waals surface area contributed by atoms with Crippen molar-refractivity contribution in [2.75, 3.05) is 9.80 Å². The van der Waals surface area contributed by atoms with Crippen molar-refractivity contribution < 1.29 is 0 Å². The number of nitrogens with zero attached hydrogens (tertiary/aromatic N) is 2. The van der Waals surface area contributed by atoms with Gasteiger partial charge in [0.25, 0.3) is 6.71 Å². The summed E-state index contributed by atoms with van der Waals surface area (Å²) in [4.78, 5) is 6.59. The summed E-state index contributed by atoms with van der Waals surface area (Å²) in [5.41, 5.74) is 23.4. The Morgan fingerprint density at radius 1 is 0.526 bits per heavy atom. The van der Waals surface area contributed by atoms with E-state index in [9.17, 15) is 0 Å². The number of hydrogen-bond acceptors (Lipinski definition) is 3. The van der Waals surface area contributed by atoms with Crippen LogP contribution in [0.3, 0.4) is 0 Å². The molecule has 0 saturated carbocycles. The number of aryl methyl sites for hydroxylation is 2. The highest BCUT2D eigenvalue weighted by molar-refractivity contribution is 7.30. The predicted molar refractivity (Wildman–Crippen MR) is 243 cm³/mol. The quantitative estimate of drug-likeness (QED) is 0.162. The van der Waals surface area contributed by atoms with Crippen LogP contribution in [0.5, 0.6) is 0 Å². The molecule has 0 saturated heterocycles. The Balaban J connectivity index is 1.24. The molecular formula is C53H41BN2S. The number of para-hydroxylation sites is 2. The normalized spacial score (nSPS) is 14.8. The number of anilines is 6. The van der Waals surface area contributed by atoms with Crippen LogP contribution in [0.4, 0.5) is 34.1 Å². The van der Waals surface area contributed by atoms with Crippen molar-refractivity contribution in [2.24, 2.45) is 0 Å². The zero-order valence-electron chi connectivity index (χ0n) is 32.9. The number of benzene rings is 7. The average molecular weight is 749 g/mol. The molecule has 0 bridgehead atoms. The molecule has 4 aliphatic rings.